The second-order valence-corrected chi connectivity index (χ2v) is 7.25. The summed E-state index contributed by atoms with van der Waals surface area (Å²) < 4.78 is 0. The summed E-state index contributed by atoms with van der Waals surface area (Å²) in [6.45, 7) is 1.98. The fourth-order valence-corrected chi connectivity index (χ4v) is 5.59. The third-order valence-corrected chi connectivity index (χ3v) is 6.37. The molecule has 3 heteroatoms. The monoisotopic (exact) mass is 262 g/mol. The Morgan fingerprint density at radius 3 is 2.58 bits per heavy atom. The van der Waals surface area contributed by atoms with E-state index in [2.05, 4.69) is 10.2 Å². The van der Waals surface area contributed by atoms with E-state index in [1.54, 1.807) is 0 Å². The van der Waals surface area contributed by atoms with E-state index in [1.165, 1.54) is 38.5 Å². The van der Waals surface area contributed by atoms with Gasteiger partial charge in [0.25, 0.3) is 0 Å². The lowest BCUT2D eigenvalue weighted by Crippen LogP contribution is -2.49. The number of likely N-dealkylation sites (N-methyl/N-ethyl adjacent to an activating group) is 1. The molecule has 1 N–H and O–H groups in total. The van der Waals surface area contributed by atoms with E-state index in [0.717, 1.165) is 36.8 Å². The molecule has 1 amide bonds. The molecule has 3 aliphatic carbocycles. The number of nitrogens with zero attached hydrogens (tertiary/aromatic N) is 1. The van der Waals surface area contributed by atoms with E-state index in [-0.39, 0.29) is 0 Å². The number of nitrogens with one attached hydrogen (secondary N) is 1. The maximum atomic E-state index is 12.9. The fourth-order valence-electron chi connectivity index (χ4n) is 5.59. The SMILES string of the molecule is CNCC1CCCCN1C(=O)C1C2C3CCC(C3)C12. The van der Waals surface area contributed by atoms with Crippen LogP contribution in [0, 0.1) is 29.6 Å². The van der Waals surface area contributed by atoms with Gasteiger partial charge in [-0.05, 0) is 69.2 Å². The molecule has 1 aliphatic heterocycles. The van der Waals surface area contributed by atoms with Gasteiger partial charge in [-0.3, -0.25) is 4.79 Å². The number of carbonyl (C=O) groups is 1. The van der Waals surface area contributed by atoms with Gasteiger partial charge in [0.15, 0.2) is 0 Å². The maximum Gasteiger partial charge on any atom is 0.226 e. The summed E-state index contributed by atoms with van der Waals surface area (Å²) in [7, 11) is 2.00. The van der Waals surface area contributed by atoms with Gasteiger partial charge in [-0.1, -0.05) is 0 Å². The minimum atomic E-state index is 0.434. The number of amides is 1. The molecule has 19 heavy (non-hydrogen) atoms. The molecule has 3 saturated carbocycles. The van der Waals surface area contributed by atoms with Gasteiger partial charge in [0.1, 0.15) is 0 Å². The minimum absolute atomic E-state index is 0.434. The predicted molar refractivity (Wildman–Crippen MR) is 74.6 cm³/mol. The molecule has 106 valence electrons. The number of likely N-dealkylation sites (tertiary alicyclic amines) is 1. The molecule has 4 aliphatic rings. The second kappa shape index (κ2) is 4.47. The largest absolute Gasteiger partial charge is 0.338 e. The molecule has 3 nitrogen and oxygen atoms in total. The molecule has 5 unspecified atom stereocenters. The summed E-state index contributed by atoms with van der Waals surface area (Å²) in [5.41, 5.74) is 0. The molecule has 0 aromatic carbocycles. The molecule has 4 fully saturated rings. The Kier molecular flexibility index (Phi) is 2.87. The van der Waals surface area contributed by atoms with Gasteiger partial charge < -0.3 is 10.2 Å². The Morgan fingerprint density at radius 2 is 1.89 bits per heavy atom. The highest BCUT2D eigenvalue weighted by Crippen LogP contribution is 2.69. The number of piperidine rings is 1. The Morgan fingerprint density at radius 1 is 1.16 bits per heavy atom. The molecule has 0 aromatic heterocycles. The fraction of sp³-hybridized carbons (Fsp3) is 0.938. The molecule has 0 spiro atoms. The molecule has 5 atom stereocenters. The van der Waals surface area contributed by atoms with Gasteiger partial charge in [0.05, 0.1) is 0 Å². The zero-order valence-corrected chi connectivity index (χ0v) is 12.0. The number of fused-ring (bicyclic) bond motifs is 5. The molecule has 0 radical (unpaired) electrons. The summed E-state index contributed by atoms with van der Waals surface area (Å²) >= 11 is 0. The zero-order valence-electron chi connectivity index (χ0n) is 12.0. The van der Waals surface area contributed by atoms with Crippen LogP contribution in [0.1, 0.15) is 38.5 Å². The van der Waals surface area contributed by atoms with E-state index in [9.17, 15) is 4.79 Å². The minimum Gasteiger partial charge on any atom is -0.338 e. The van der Waals surface area contributed by atoms with Crippen molar-refractivity contribution in [3.8, 4) is 0 Å². The lowest BCUT2D eigenvalue weighted by Gasteiger charge is -2.36. The molecule has 1 heterocycles. The first kappa shape index (κ1) is 12.2. The van der Waals surface area contributed by atoms with Crippen LogP contribution in [-0.4, -0.2) is 37.0 Å². The van der Waals surface area contributed by atoms with E-state index < -0.39 is 0 Å². The Balaban J connectivity index is 1.45. The second-order valence-electron chi connectivity index (χ2n) is 7.25. The van der Waals surface area contributed by atoms with Crippen LogP contribution in [0.15, 0.2) is 0 Å². The molecule has 1 saturated heterocycles. The summed E-state index contributed by atoms with van der Waals surface area (Å²) in [4.78, 5) is 15.1. The van der Waals surface area contributed by atoms with Crippen molar-refractivity contribution in [1.29, 1.82) is 0 Å². The first-order chi connectivity index (χ1) is 9.31. The first-order valence-corrected chi connectivity index (χ1v) is 8.26. The smallest absolute Gasteiger partial charge is 0.226 e. The van der Waals surface area contributed by atoms with Crippen molar-refractivity contribution in [3.63, 3.8) is 0 Å². The Labute approximate surface area is 116 Å². The third kappa shape index (κ3) is 1.77. The molecular formula is C16H26N2O. The van der Waals surface area contributed by atoms with Gasteiger partial charge in [-0.15, -0.1) is 0 Å². The Bertz CT molecular complexity index is 365. The average molecular weight is 262 g/mol. The Hall–Kier alpha value is -0.570. The van der Waals surface area contributed by atoms with E-state index in [1.807, 2.05) is 7.05 Å². The highest BCUT2D eigenvalue weighted by molar-refractivity contribution is 5.83. The van der Waals surface area contributed by atoms with E-state index in [4.69, 9.17) is 0 Å². The quantitative estimate of drug-likeness (QED) is 0.842. The van der Waals surface area contributed by atoms with Crippen molar-refractivity contribution < 1.29 is 4.79 Å². The number of hydrogen-bond acceptors (Lipinski definition) is 2. The lowest BCUT2D eigenvalue weighted by atomic mass is 9.98. The summed E-state index contributed by atoms with van der Waals surface area (Å²) in [6, 6.07) is 0.463. The summed E-state index contributed by atoms with van der Waals surface area (Å²) in [5, 5.41) is 3.27. The molecule has 2 bridgehead atoms. The van der Waals surface area contributed by atoms with Gasteiger partial charge in [0.2, 0.25) is 5.91 Å². The zero-order chi connectivity index (χ0) is 13.0. The molecular weight excluding hydrogens is 236 g/mol. The van der Waals surface area contributed by atoms with Gasteiger partial charge in [-0.2, -0.15) is 0 Å². The van der Waals surface area contributed by atoms with Crippen LogP contribution in [0.4, 0.5) is 0 Å². The van der Waals surface area contributed by atoms with Crippen LogP contribution >= 0.6 is 0 Å². The van der Waals surface area contributed by atoms with Gasteiger partial charge in [-0.25, -0.2) is 0 Å². The van der Waals surface area contributed by atoms with Crippen LogP contribution in [0.2, 0.25) is 0 Å². The standard InChI is InChI=1S/C16H26N2O/c1-17-9-12-4-2-3-7-18(12)16(19)15-13-10-5-6-11(8-10)14(13)15/h10-15,17H,2-9H2,1H3. The highest BCUT2D eigenvalue weighted by atomic mass is 16.2. The normalized spacial score (nSPS) is 47.3. The third-order valence-electron chi connectivity index (χ3n) is 6.37. The van der Waals surface area contributed by atoms with Gasteiger partial charge >= 0.3 is 0 Å². The topological polar surface area (TPSA) is 32.3 Å². The first-order valence-electron chi connectivity index (χ1n) is 8.26. The van der Waals surface area contributed by atoms with Crippen LogP contribution in [0.25, 0.3) is 0 Å². The van der Waals surface area contributed by atoms with E-state index >= 15 is 0 Å². The highest BCUT2D eigenvalue weighted by Gasteiger charge is 2.68. The average Bonchev–Trinajstić information content (AvgIpc) is 2.87. The summed E-state index contributed by atoms with van der Waals surface area (Å²) in [6.07, 6.45) is 7.96. The van der Waals surface area contributed by atoms with Crippen LogP contribution in [-0.2, 0) is 4.79 Å². The molecule has 0 aromatic rings. The number of rotatable bonds is 3. The summed E-state index contributed by atoms with van der Waals surface area (Å²) in [5.74, 6) is 4.37. The van der Waals surface area contributed by atoms with E-state index in [0.29, 0.717) is 17.9 Å². The predicted octanol–water partition coefficient (Wildman–Crippen LogP) is 1.88. The van der Waals surface area contributed by atoms with Crippen molar-refractivity contribution in [2.45, 2.75) is 44.6 Å². The molecule has 4 rings (SSSR count). The van der Waals surface area contributed by atoms with Crippen molar-refractivity contribution in [2.24, 2.45) is 29.6 Å². The van der Waals surface area contributed by atoms with Crippen molar-refractivity contribution in [2.75, 3.05) is 20.1 Å². The van der Waals surface area contributed by atoms with Crippen molar-refractivity contribution in [3.05, 3.63) is 0 Å². The lowest BCUT2D eigenvalue weighted by molar-refractivity contribution is -0.137. The van der Waals surface area contributed by atoms with Crippen molar-refractivity contribution in [1.82, 2.24) is 10.2 Å². The number of hydrogen-bond donors (Lipinski definition) is 1. The van der Waals surface area contributed by atoms with Crippen molar-refractivity contribution >= 4 is 5.91 Å². The number of carbonyl (C=O) groups excluding carboxylic acids is 1. The van der Waals surface area contributed by atoms with Crippen LogP contribution < -0.4 is 5.32 Å². The van der Waals surface area contributed by atoms with Crippen LogP contribution in [0.5, 0.6) is 0 Å². The van der Waals surface area contributed by atoms with Crippen LogP contribution in [0.3, 0.4) is 0 Å². The maximum absolute atomic E-state index is 12.9. The van der Waals surface area contributed by atoms with Gasteiger partial charge in [0, 0.05) is 25.0 Å².